The lowest BCUT2D eigenvalue weighted by atomic mass is 10.1. The molecular weight excluding hydrogens is 337 g/mol. The molecule has 1 aromatic rings. The first-order chi connectivity index (χ1) is 12.1. The van der Waals surface area contributed by atoms with Gasteiger partial charge in [0.05, 0.1) is 32.3 Å². The van der Waals surface area contributed by atoms with E-state index in [0.29, 0.717) is 13.2 Å². The second-order valence-corrected chi connectivity index (χ2v) is 6.19. The standard InChI is InChI=1S/C18H21F3O4/c1-2-3-4-11-7-22-18(23-8-11)13-9-24-17(25-10-13)12-5-14(19)16(21)15(20)6-12/h3-6,11,13,17-18H,2,7-10H2,1H3/b4-3+. The van der Waals surface area contributed by atoms with Crippen molar-refractivity contribution in [1.29, 1.82) is 0 Å². The summed E-state index contributed by atoms with van der Waals surface area (Å²) >= 11 is 0. The summed E-state index contributed by atoms with van der Waals surface area (Å²) in [5.74, 6) is -3.95. The molecule has 2 saturated heterocycles. The van der Waals surface area contributed by atoms with Crippen molar-refractivity contribution in [1.82, 2.24) is 0 Å². The van der Waals surface area contributed by atoms with Crippen molar-refractivity contribution < 1.29 is 32.1 Å². The Labute approximate surface area is 144 Å². The van der Waals surface area contributed by atoms with Gasteiger partial charge in [-0.3, -0.25) is 0 Å². The summed E-state index contributed by atoms with van der Waals surface area (Å²) in [6.45, 7) is 3.71. The number of halogens is 3. The molecule has 0 radical (unpaired) electrons. The maximum absolute atomic E-state index is 13.3. The number of allylic oxidation sites excluding steroid dienone is 1. The van der Waals surface area contributed by atoms with E-state index >= 15 is 0 Å². The SMILES string of the molecule is CC/C=C/C1COC(C2COC(c3cc(F)c(F)c(F)c3)OC2)OC1. The first-order valence-corrected chi connectivity index (χ1v) is 8.36. The number of hydrogen-bond acceptors (Lipinski definition) is 4. The second kappa shape index (κ2) is 8.31. The molecule has 7 heteroatoms. The number of rotatable bonds is 4. The van der Waals surface area contributed by atoms with Gasteiger partial charge in [0.25, 0.3) is 0 Å². The van der Waals surface area contributed by atoms with Crippen LogP contribution in [0, 0.1) is 29.3 Å². The van der Waals surface area contributed by atoms with Gasteiger partial charge in [-0.05, 0) is 18.6 Å². The van der Waals surface area contributed by atoms with E-state index in [1.54, 1.807) is 0 Å². The summed E-state index contributed by atoms with van der Waals surface area (Å²) in [4.78, 5) is 0. The summed E-state index contributed by atoms with van der Waals surface area (Å²) in [5.41, 5.74) is 0.102. The van der Waals surface area contributed by atoms with Crippen LogP contribution >= 0.6 is 0 Å². The highest BCUT2D eigenvalue weighted by molar-refractivity contribution is 5.20. The summed E-state index contributed by atoms with van der Waals surface area (Å²) in [7, 11) is 0. The van der Waals surface area contributed by atoms with Crippen molar-refractivity contribution in [2.24, 2.45) is 11.8 Å². The number of hydrogen-bond donors (Lipinski definition) is 0. The van der Waals surface area contributed by atoms with Crippen LogP contribution in [0.25, 0.3) is 0 Å². The average Bonchev–Trinajstić information content (AvgIpc) is 2.64. The molecule has 1 aromatic carbocycles. The van der Waals surface area contributed by atoms with Gasteiger partial charge in [-0.1, -0.05) is 19.1 Å². The van der Waals surface area contributed by atoms with E-state index in [1.165, 1.54) is 0 Å². The van der Waals surface area contributed by atoms with Crippen LogP contribution in [0.1, 0.15) is 25.2 Å². The Bertz CT molecular complexity index is 583. The first-order valence-electron chi connectivity index (χ1n) is 8.36. The normalized spacial score (nSPS) is 30.7. The third kappa shape index (κ3) is 4.41. The Kier molecular flexibility index (Phi) is 6.11. The summed E-state index contributed by atoms with van der Waals surface area (Å²) in [6, 6.07) is 1.75. The molecule has 2 aliphatic heterocycles. The molecule has 0 aromatic heterocycles. The molecule has 0 amide bonds. The highest BCUT2D eigenvalue weighted by atomic mass is 19.2. The fourth-order valence-electron chi connectivity index (χ4n) is 2.82. The number of benzene rings is 1. The van der Waals surface area contributed by atoms with Crippen molar-refractivity contribution in [2.45, 2.75) is 25.9 Å². The van der Waals surface area contributed by atoms with Gasteiger partial charge in [0.2, 0.25) is 0 Å². The van der Waals surface area contributed by atoms with E-state index in [9.17, 15) is 13.2 Å². The lowest BCUT2D eigenvalue weighted by Crippen LogP contribution is -2.42. The van der Waals surface area contributed by atoms with Crippen molar-refractivity contribution in [2.75, 3.05) is 26.4 Å². The lowest BCUT2D eigenvalue weighted by molar-refractivity contribution is -0.280. The van der Waals surface area contributed by atoms with Gasteiger partial charge in [-0.15, -0.1) is 0 Å². The summed E-state index contributed by atoms with van der Waals surface area (Å²) in [5, 5.41) is 0. The average molecular weight is 358 g/mol. The van der Waals surface area contributed by atoms with Gasteiger partial charge in [0.1, 0.15) is 0 Å². The van der Waals surface area contributed by atoms with Crippen LogP contribution in [-0.4, -0.2) is 32.7 Å². The highest BCUT2D eigenvalue weighted by Crippen LogP contribution is 2.30. The molecule has 0 spiro atoms. The smallest absolute Gasteiger partial charge is 0.194 e. The Morgan fingerprint density at radius 2 is 1.56 bits per heavy atom. The molecule has 2 aliphatic rings. The minimum absolute atomic E-state index is 0.102. The second-order valence-electron chi connectivity index (χ2n) is 6.19. The Morgan fingerprint density at radius 3 is 2.12 bits per heavy atom. The molecule has 0 unspecified atom stereocenters. The van der Waals surface area contributed by atoms with Crippen LogP contribution in [0.2, 0.25) is 0 Å². The van der Waals surface area contributed by atoms with E-state index in [-0.39, 0.29) is 30.6 Å². The van der Waals surface area contributed by atoms with Crippen LogP contribution < -0.4 is 0 Å². The minimum Gasteiger partial charge on any atom is -0.351 e. The Morgan fingerprint density at radius 1 is 0.960 bits per heavy atom. The predicted octanol–water partition coefficient (Wildman–Crippen LogP) is 3.72. The van der Waals surface area contributed by atoms with Gasteiger partial charge in [-0.25, -0.2) is 13.2 Å². The third-order valence-corrected chi connectivity index (χ3v) is 4.18. The molecule has 0 bridgehead atoms. The largest absolute Gasteiger partial charge is 0.351 e. The van der Waals surface area contributed by atoms with Gasteiger partial charge in [0.15, 0.2) is 30.0 Å². The van der Waals surface area contributed by atoms with Crippen LogP contribution in [0.4, 0.5) is 13.2 Å². The molecular formula is C18H21F3O4. The Hall–Kier alpha value is -1.41. The van der Waals surface area contributed by atoms with Gasteiger partial charge < -0.3 is 18.9 Å². The van der Waals surface area contributed by atoms with E-state index in [2.05, 4.69) is 19.1 Å². The van der Waals surface area contributed by atoms with Crippen molar-refractivity contribution in [3.63, 3.8) is 0 Å². The zero-order valence-corrected chi connectivity index (χ0v) is 13.9. The van der Waals surface area contributed by atoms with Crippen molar-refractivity contribution in [3.05, 3.63) is 47.3 Å². The third-order valence-electron chi connectivity index (χ3n) is 4.18. The highest BCUT2D eigenvalue weighted by Gasteiger charge is 2.34. The van der Waals surface area contributed by atoms with E-state index in [1.807, 2.05) is 0 Å². The topological polar surface area (TPSA) is 36.9 Å². The predicted molar refractivity (Wildman–Crippen MR) is 83.1 cm³/mol. The molecule has 2 heterocycles. The molecule has 0 atom stereocenters. The van der Waals surface area contributed by atoms with E-state index < -0.39 is 30.0 Å². The van der Waals surface area contributed by atoms with E-state index in [0.717, 1.165) is 18.6 Å². The minimum atomic E-state index is -1.51. The maximum atomic E-state index is 13.3. The summed E-state index contributed by atoms with van der Waals surface area (Å²) < 4.78 is 62.1. The van der Waals surface area contributed by atoms with Gasteiger partial charge >= 0.3 is 0 Å². The molecule has 3 rings (SSSR count). The fourth-order valence-corrected chi connectivity index (χ4v) is 2.82. The van der Waals surface area contributed by atoms with Crippen molar-refractivity contribution in [3.8, 4) is 0 Å². The maximum Gasteiger partial charge on any atom is 0.194 e. The van der Waals surface area contributed by atoms with E-state index in [4.69, 9.17) is 18.9 Å². The Balaban J connectivity index is 1.52. The molecule has 0 aliphatic carbocycles. The summed E-state index contributed by atoms with van der Waals surface area (Å²) in [6.07, 6.45) is 3.75. The fraction of sp³-hybridized carbons (Fsp3) is 0.556. The lowest BCUT2D eigenvalue weighted by Gasteiger charge is -2.37. The van der Waals surface area contributed by atoms with Gasteiger partial charge in [0, 0.05) is 11.5 Å². The monoisotopic (exact) mass is 358 g/mol. The first kappa shape index (κ1) is 18.4. The number of ether oxygens (including phenoxy) is 4. The zero-order valence-electron chi connectivity index (χ0n) is 13.9. The molecule has 25 heavy (non-hydrogen) atoms. The molecule has 2 fully saturated rings. The quantitative estimate of drug-likeness (QED) is 0.607. The molecule has 138 valence electrons. The molecule has 0 saturated carbocycles. The van der Waals surface area contributed by atoms with Crippen LogP contribution in [0.5, 0.6) is 0 Å². The van der Waals surface area contributed by atoms with Crippen LogP contribution in [0.3, 0.4) is 0 Å². The molecule has 0 N–H and O–H groups in total. The zero-order chi connectivity index (χ0) is 17.8. The van der Waals surface area contributed by atoms with Crippen LogP contribution in [-0.2, 0) is 18.9 Å². The van der Waals surface area contributed by atoms with Gasteiger partial charge in [-0.2, -0.15) is 0 Å². The molecule has 4 nitrogen and oxygen atoms in total. The van der Waals surface area contributed by atoms with Crippen LogP contribution in [0.15, 0.2) is 24.3 Å². The van der Waals surface area contributed by atoms with Crippen molar-refractivity contribution >= 4 is 0 Å².